The van der Waals surface area contributed by atoms with Crippen molar-refractivity contribution in [2.45, 2.75) is 62.5 Å². The van der Waals surface area contributed by atoms with Crippen molar-refractivity contribution in [2.75, 3.05) is 0 Å². The van der Waals surface area contributed by atoms with E-state index in [-0.39, 0.29) is 55.5 Å². The number of aromatic nitrogens is 3. The topological polar surface area (TPSA) is 102 Å². The first kappa shape index (κ1) is 24.3. The number of H-pyrrole nitrogens is 1. The molecule has 2 fully saturated rings. The van der Waals surface area contributed by atoms with Gasteiger partial charge in [0.1, 0.15) is 5.69 Å². The van der Waals surface area contributed by atoms with Gasteiger partial charge in [-0.1, -0.05) is 0 Å². The van der Waals surface area contributed by atoms with Gasteiger partial charge in [0.05, 0.1) is 28.2 Å². The van der Waals surface area contributed by atoms with E-state index in [2.05, 4.69) is 15.0 Å². The van der Waals surface area contributed by atoms with E-state index in [1.54, 1.807) is 12.1 Å². The van der Waals surface area contributed by atoms with Crippen LogP contribution in [0.1, 0.15) is 72.2 Å². The fourth-order valence-electron chi connectivity index (χ4n) is 5.35. The standard InChI is InChI=1S/C25H23F5N4O2/c26-24(27)10-13(11-24)16-6-5-15(21(34-16)12-1-3-14(4-2-12)25(28,29)30)18-9-19(35)20-17(33-18)7-8-32-22(20)23(31)36/h5-9,12-14H,1-4,10-11H2,(H2,31,36)(H,33,35)/t12-,14+. The Balaban J connectivity index is 1.58. The molecular weight excluding hydrogens is 483 g/mol. The van der Waals surface area contributed by atoms with Gasteiger partial charge in [0, 0.05) is 48.2 Å². The Morgan fingerprint density at radius 1 is 1.06 bits per heavy atom. The lowest BCUT2D eigenvalue weighted by Gasteiger charge is -2.35. The summed E-state index contributed by atoms with van der Waals surface area (Å²) in [5.41, 5.74) is 6.82. The van der Waals surface area contributed by atoms with E-state index < -0.39 is 35.3 Å². The number of nitrogens with zero attached hydrogens (tertiary/aromatic N) is 2. The molecule has 6 nitrogen and oxygen atoms in total. The number of alkyl halides is 5. The molecule has 0 spiro atoms. The van der Waals surface area contributed by atoms with E-state index in [1.165, 1.54) is 18.3 Å². The molecule has 11 heteroatoms. The van der Waals surface area contributed by atoms with Crippen LogP contribution in [0.15, 0.2) is 35.3 Å². The van der Waals surface area contributed by atoms with Gasteiger partial charge in [-0.05, 0) is 43.9 Å². The van der Waals surface area contributed by atoms with Crippen LogP contribution < -0.4 is 11.2 Å². The van der Waals surface area contributed by atoms with Crippen LogP contribution >= 0.6 is 0 Å². The summed E-state index contributed by atoms with van der Waals surface area (Å²) in [6, 6.07) is 6.09. The summed E-state index contributed by atoms with van der Waals surface area (Å²) < 4.78 is 66.7. The van der Waals surface area contributed by atoms with E-state index >= 15 is 0 Å². The van der Waals surface area contributed by atoms with Crippen LogP contribution in [0.2, 0.25) is 0 Å². The van der Waals surface area contributed by atoms with Crippen LogP contribution in [0.25, 0.3) is 22.2 Å². The number of halogens is 5. The molecule has 3 N–H and O–H groups in total. The number of primary amides is 1. The zero-order valence-electron chi connectivity index (χ0n) is 19.0. The predicted octanol–water partition coefficient (Wildman–Crippen LogP) is 5.43. The quantitative estimate of drug-likeness (QED) is 0.461. The summed E-state index contributed by atoms with van der Waals surface area (Å²) in [7, 11) is 0. The summed E-state index contributed by atoms with van der Waals surface area (Å²) in [4.78, 5) is 36.3. The Morgan fingerprint density at radius 3 is 2.36 bits per heavy atom. The van der Waals surface area contributed by atoms with Gasteiger partial charge in [0.2, 0.25) is 5.92 Å². The van der Waals surface area contributed by atoms with E-state index in [0.717, 1.165) is 0 Å². The molecule has 0 aliphatic heterocycles. The van der Waals surface area contributed by atoms with Gasteiger partial charge in [-0.3, -0.25) is 19.6 Å². The number of pyridine rings is 3. The van der Waals surface area contributed by atoms with Crippen molar-refractivity contribution < 1.29 is 26.7 Å². The van der Waals surface area contributed by atoms with Crippen molar-refractivity contribution in [1.29, 1.82) is 0 Å². The number of carbonyl (C=O) groups excluding carboxylic acids is 1. The molecule has 2 aliphatic carbocycles. The van der Waals surface area contributed by atoms with Gasteiger partial charge in [-0.2, -0.15) is 13.2 Å². The molecule has 0 aromatic carbocycles. The van der Waals surface area contributed by atoms with E-state index in [9.17, 15) is 31.5 Å². The first-order chi connectivity index (χ1) is 16.9. The second-order valence-corrected chi connectivity index (χ2v) is 9.71. The Morgan fingerprint density at radius 2 is 1.75 bits per heavy atom. The molecule has 36 heavy (non-hydrogen) atoms. The summed E-state index contributed by atoms with van der Waals surface area (Å²) >= 11 is 0. The fraction of sp³-hybridized carbons (Fsp3) is 0.440. The van der Waals surface area contributed by atoms with Gasteiger partial charge in [-0.15, -0.1) is 0 Å². The molecule has 2 aliphatic rings. The van der Waals surface area contributed by atoms with Crippen molar-refractivity contribution in [3.05, 3.63) is 57.8 Å². The minimum atomic E-state index is -4.27. The molecule has 5 rings (SSSR count). The molecule has 0 unspecified atom stereocenters. The number of aromatic amines is 1. The molecule has 0 saturated heterocycles. The Labute approximate surface area is 202 Å². The largest absolute Gasteiger partial charge is 0.391 e. The van der Waals surface area contributed by atoms with Crippen molar-refractivity contribution in [3.63, 3.8) is 0 Å². The van der Waals surface area contributed by atoms with Crippen molar-refractivity contribution in [3.8, 4) is 11.3 Å². The molecule has 3 heterocycles. The average molecular weight is 506 g/mol. The highest BCUT2D eigenvalue weighted by molar-refractivity contribution is 6.03. The number of carbonyl (C=O) groups is 1. The number of hydrogen-bond donors (Lipinski definition) is 2. The first-order valence-corrected chi connectivity index (χ1v) is 11.7. The third-order valence-electron chi connectivity index (χ3n) is 7.30. The summed E-state index contributed by atoms with van der Waals surface area (Å²) in [5, 5.41) is 0.0299. The highest BCUT2D eigenvalue weighted by Gasteiger charge is 2.47. The molecule has 2 saturated carbocycles. The zero-order valence-corrected chi connectivity index (χ0v) is 19.0. The third-order valence-corrected chi connectivity index (χ3v) is 7.30. The Bertz CT molecular complexity index is 1390. The van der Waals surface area contributed by atoms with E-state index in [0.29, 0.717) is 28.2 Å². The predicted molar refractivity (Wildman–Crippen MR) is 122 cm³/mol. The maximum Gasteiger partial charge on any atom is 0.391 e. The Hall–Kier alpha value is -3.37. The normalized spacial score (nSPS) is 22.4. The minimum Gasteiger partial charge on any atom is -0.364 e. The van der Waals surface area contributed by atoms with Crippen molar-refractivity contribution in [2.24, 2.45) is 11.7 Å². The van der Waals surface area contributed by atoms with E-state index in [4.69, 9.17) is 5.73 Å². The Kier molecular flexibility index (Phi) is 5.83. The average Bonchev–Trinajstić information content (AvgIpc) is 2.81. The fourth-order valence-corrected chi connectivity index (χ4v) is 5.35. The van der Waals surface area contributed by atoms with Crippen LogP contribution in [0.3, 0.4) is 0 Å². The number of rotatable bonds is 4. The third kappa shape index (κ3) is 4.46. The van der Waals surface area contributed by atoms with Gasteiger partial charge in [0.15, 0.2) is 5.43 Å². The van der Waals surface area contributed by atoms with Crippen LogP contribution in [0.5, 0.6) is 0 Å². The molecule has 0 radical (unpaired) electrons. The van der Waals surface area contributed by atoms with Crippen LogP contribution in [0.4, 0.5) is 22.0 Å². The molecule has 3 aromatic rings. The van der Waals surface area contributed by atoms with Crippen LogP contribution in [0, 0.1) is 5.92 Å². The summed E-state index contributed by atoms with van der Waals surface area (Å²) in [6.45, 7) is 0. The molecule has 0 bridgehead atoms. The second kappa shape index (κ2) is 8.63. The SMILES string of the molecule is NC(=O)c1nccc2[nH]c(-c3ccc(C4CC(F)(F)C4)nc3[C@H]3CC[C@@H](C(F)(F)F)CC3)cc(=O)c12. The minimum absolute atomic E-state index is 0.0299. The van der Waals surface area contributed by atoms with Gasteiger partial charge in [0.25, 0.3) is 5.91 Å². The van der Waals surface area contributed by atoms with Gasteiger partial charge >= 0.3 is 6.18 Å². The second-order valence-electron chi connectivity index (χ2n) is 9.71. The number of fused-ring (bicyclic) bond motifs is 1. The smallest absolute Gasteiger partial charge is 0.364 e. The lowest BCUT2D eigenvalue weighted by molar-refractivity contribution is -0.182. The molecule has 0 atom stereocenters. The number of nitrogens with two attached hydrogens (primary N) is 1. The maximum absolute atomic E-state index is 13.5. The monoisotopic (exact) mass is 506 g/mol. The zero-order chi connectivity index (χ0) is 25.8. The lowest BCUT2D eigenvalue weighted by atomic mass is 9.76. The summed E-state index contributed by atoms with van der Waals surface area (Å²) in [6.07, 6.45) is -3.21. The number of nitrogens with one attached hydrogen (secondary N) is 1. The summed E-state index contributed by atoms with van der Waals surface area (Å²) in [5.74, 6) is -5.74. The highest BCUT2D eigenvalue weighted by atomic mass is 19.4. The van der Waals surface area contributed by atoms with Crippen LogP contribution in [-0.2, 0) is 0 Å². The van der Waals surface area contributed by atoms with Crippen molar-refractivity contribution >= 4 is 16.8 Å². The molecule has 1 amide bonds. The number of hydrogen-bond acceptors (Lipinski definition) is 4. The molecule has 190 valence electrons. The highest BCUT2D eigenvalue weighted by Crippen LogP contribution is 2.49. The maximum atomic E-state index is 13.5. The van der Waals surface area contributed by atoms with Crippen LogP contribution in [-0.4, -0.2) is 33.0 Å². The van der Waals surface area contributed by atoms with Gasteiger partial charge in [-0.25, -0.2) is 8.78 Å². The first-order valence-electron chi connectivity index (χ1n) is 11.7. The molecule has 3 aromatic heterocycles. The van der Waals surface area contributed by atoms with E-state index in [1.807, 2.05) is 0 Å². The van der Waals surface area contributed by atoms with Crippen molar-refractivity contribution in [1.82, 2.24) is 15.0 Å². The number of amides is 1. The lowest BCUT2D eigenvalue weighted by Crippen LogP contribution is -2.34. The van der Waals surface area contributed by atoms with Gasteiger partial charge < -0.3 is 10.7 Å². The molecular formula is C25H23F5N4O2.